The Morgan fingerprint density at radius 2 is 1.73 bits per heavy atom. The van der Waals surface area contributed by atoms with Crippen molar-refractivity contribution in [2.24, 2.45) is 5.92 Å². The fourth-order valence-corrected chi connectivity index (χ4v) is 3.52. The number of aliphatic hydroxyl groups is 1. The standard InChI is InChI=1S/C22H28N2O2/c1-24(2)19-10-8-17(9-11-19)13-22(26)23-21(18-14-20(25)15-18)12-16-6-4-3-5-7-16/h3-11,18,20-21,25H,12-15H2,1-2H3,(H,23,26)/t18?,20?,21-/m1/s1. The Labute approximate surface area is 155 Å². The molecule has 2 N–H and O–H groups in total. The van der Waals surface area contributed by atoms with Gasteiger partial charge in [0, 0.05) is 25.8 Å². The van der Waals surface area contributed by atoms with Crippen molar-refractivity contribution in [3.63, 3.8) is 0 Å². The van der Waals surface area contributed by atoms with Crippen LogP contribution in [-0.2, 0) is 17.6 Å². The second-order valence-electron chi connectivity index (χ2n) is 7.49. The van der Waals surface area contributed by atoms with E-state index in [-0.39, 0.29) is 18.1 Å². The lowest BCUT2D eigenvalue weighted by Crippen LogP contribution is -2.48. The van der Waals surface area contributed by atoms with Crippen LogP contribution in [0.1, 0.15) is 24.0 Å². The monoisotopic (exact) mass is 352 g/mol. The van der Waals surface area contributed by atoms with Gasteiger partial charge in [-0.05, 0) is 48.4 Å². The minimum Gasteiger partial charge on any atom is -0.393 e. The molecule has 2 aromatic carbocycles. The average molecular weight is 352 g/mol. The maximum atomic E-state index is 12.6. The van der Waals surface area contributed by atoms with Crippen LogP contribution in [-0.4, -0.2) is 37.3 Å². The van der Waals surface area contributed by atoms with Gasteiger partial charge in [-0.15, -0.1) is 0 Å². The van der Waals surface area contributed by atoms with E-state index in [0.717, 1.165) is 30.5 Å². The summed E-state index contributed by atoms with van der Waals surface area (Å²) in [6, 6.07) is 18.4. The molecule has 0 bridgehead atoms. The number of benzene rings is 2. The fourth-order valence-electron chi connectivity index (χ4n) is 3.52. The van der Waals surface area contributed by atoms with Crippen LogP contribution < -0.4 is 10.2 Å². The number of amides is 1. The number of carbonyl (C=O) groups excluding carboxylic acids is 1. The van der Waals surface area contributed by atoms with E-state index in [1.165, 1.54) is 5.56 Å². The predicted molar refractivity (Wildman–Crippen MR) is 105 cm³/mol. The molecular formula is C22H28N2O2. The Morgan fingerprint density at radius 1 is 1.08 bits per heavy atom. The number of hydrogen-bond acceptors (Lipinski definition) is 3. The van der Waals surface area contributed by atoms with Gasteiger partial charge in [0.25, 0.3) is 0 Å². The van der Waals surface area contributed by atoms with E-state index in [1.807, 2.05) is 61.5 Å². The highest BCUT2D eigenvalue weighted by Gasteiger charge is 2.34. The first-order valence-electron chi connectivity index (χ1n) is 9.29. The van der Waals surface area contributed by atoms with E-state index in [0.29, 0.717) is 12.3 Å². The predicted octanol–water partition coefficient (Wildman–Crippen LogP) is 2.79. The number of carbonyl (C=O) groups is 1. The minimum absolute atomic E-state index is 0.0462. The molecule has 0 saturated heterocycles. The Hall–Kier alpha value is -2.33. The van der Waals surface area contributed by atoms with E-state index < -0.39 is 0 Å². The lowest BCUT2D eigenvalue weighted by molar-refractivity contribution is -0.122. The molecule has 4 heteroatoms. The maximum Gasteiger partial charge on any atom is 0.224 e. The molecule has 4 nitrogen and oxygen atoms in total. The summed E-state index contributed by atoms with van der Waals surface area (Å²) >= 11 is 0. The summed E-state index contributed by atoms with van der Waals surface area (Å²) in [5.74, 6) is 0.398. The first-order valence-corrected chi connectivity index (χ1v) is 9.29. The molecule has 1 saturated carbocycles. The molecule has 1 aliphatic rings. The molecule has 0 heterocycles. The topological polar surface area (TPSA) is 52.6 Å². The van der Waals surface area contributed by atoms with Crippen molar-refractivity contribution in [1.82, 2.24) is 5.32 Å². The third kappa shape index (κ3) is 4.85. The van der Waals surface area contributed by atoms with E-state index in [2.05, 4.69) is 17.4 Å². The number of rotatable bonds is 7. The highest BCUT2D eigenvalue weighted by molar-refractivity contribution is 5.79. The fraction of sp³-hybridized carbons (Fsp3) is 0.409. The summed E-state index contributed by atoms with van der Waals surface area (Å²) < 4.78 is 0. The Kier molecular flexibility index (Phi) is 5.94. The quantitative estimate of drug-likeness (QED) is 0.806. The lowest BCUT2D eigenvalue weighted by Gasteiger charge is -2.38. The third-order valence-corrected chi connectivity index (χ3v) is 5.18. The Balaban J connectivity index is 1.61. The van der Waals surface area contributed by atoms with Crippen molar-refractivity contribution < 1.29 is 9.90 Å². The lowest BCUT2D eigenvalue weighted by atomic mass is 9.75. The molecule has 2 aromatic rings. The van der Waals surface area contributed by atoms with E-state index in [9.17, 15) is 9.90 Å². The normalized spacial score (nSPS) is 20.1. The van der Waals surface area contributed by atoms with Gasteiger partial charge in [0.05, 0.1) is 12.5 Å². The van der Waals surface area contributed by atoms with Crippen molar-refractivity contribution in [3.05, 3.63) is 65.7 Å². The van der Waals surface area contributed by atoms with Gasteiger partial charge in [-0.3, -0.25) is 4.79 Å². The molecule has 138 valence electrons. The van der Waals surface area contributed by atoms with E-state index >= 15 is 0 Å². The van der Waals surface area contributed by atoms with Gasteiger partial charge in [-0.1, -0.05) is 42.5 Å². The first kappa shape index (κ1) is 18.5. The molecule has 0 aliphatic heterocycles. The SMILES string of the molecule is CN(C)c1ccc(CC(=O)N[C@H](Cc2ccccc2)C2CC(O)C2)cc1. The first-order chi connectivity index (χ1) is 12.5. The highest BCUT2D eigenvalue weighted by Crippen LogP contribution is 2.31. The Bertz CT molecular complexity index is 707. The van der Waals surface area contributed by atoms with Crippen LogP contribution >= 0.6 is 0 Å². The van der Waals surface area contributed by atoms with Crippen molar-refractivity contribution >= 4 is 11.6 Å². The zero-order chi connectivity index (χ0) is 18.5. The highest BCUT2D eigenvalue weighted by atomic mass is 16.3. The van der Waals surface area contributed by atoms with Gasteiger partial charge in [0.2, 0.25) is 5.91 Å². The molecule has 3 rings (SSSR count). The summed E-state index contributed by atoms with van der Waals surface area (Å²) in [6.07, 6.45) is 2.52. The van der Waals surface area contributed by atoms with Crippen LogP contribution in [0.25, 0.3) is 0 Å². The molecule has 0 aromatic heterocycles. The van der Waals surface area contributed by atoms with Gasteiger partial charge in [0.1, 0.15) is 0 Å². The Morgan fingerprint density at radius 3 is 2.31 bits per heavy atom. The molecule has 0 spiro atoms. The summed E-state index contributed by atoms with van der Waals surface area (Å²) in [7, 11) is 4.01. The smallest absolute Gasteiger partial charge is 0.224 e. The summed E-state index contributed by atoms with van der Waals surface area (Å²) in [5.41, 5.74) is 3.36. The van der Waals surface area contributed by atoms with Gasteiger partial charge >= 0.3 is 0 Å². The van der Waals surface area contributed by atoms with Gasteiger partial charge in [0.15, 0.2) is 0 Å². The van der Waals surface area contributed by atoms with Gasteiger partial charge in [-0.2, -0.15) is 0 Å². The summed E-state index contributed by atoms with van der Waals surface area (Å²) in [4.78, 5) is 14.6. The minimum atomic E-state index is -0.214. The molecule has 0 radical (unpaired) electrons. The molecule has 1 amide bonds. The van der Waals surface area contributed by atoms with Gasteiger partial charge < -0.3 is 15.3 Å². The maximum absolute atomic E-state index is 12.6. The van der Waals surface area contributed by atoms with Crippen LogP contribution in [0.2, 0.25) is 0 Å². The summed E-state index contributed by atoms with van der Waals surface area (Å²) in [5, 5.41) is 12.9. The zero-order valence-corrected chi connectivity index (χ0v) is 15.6. The molecule has 1 atom stereocenters. The van der Waals surface area contributed by atoms with E-state index in [4.69, 9.17) is 0 Å². The number of hydrogen-bond donors (Lipinski definition) is 2. The number of anilines is 1. The molecule has 0 unspecified atom stereocenters. The molecule has 26 heavy (non-hydrogen) atoms. The van der Waals surface area contributed by atoms with Crippen molar-refractivity contribution in [2.45, 2.75) is 37.8 Å². The van der Waals surface area contributed by atoms with Crippen LogP contribution in [0, 0.1) is 5.92 Å². The second-order valence-corrected chi connectivity index (χ2v) is 7.49. The third-order valence-electron chi connectivity index (χ3n) is 5.18. The van der Waals surface area contributed by atoms with Gasteiger partial charge in [-0.25, -0.2) is 0 Å². The van der Waals surface area contributed by atoms with Crippen LogP contribution in [0.15, 0.2) is 54.6 Å². The largest absolute Gasteiger partial charge is 0.393 e. The van der Waals surface area contributed by atoms with Crippen molar-refractivity contribution in [1.29, 1.82) is 0 Å². The second kappa shape index (κ2) is 8.37. The van der Waals surface area contributed by atoms with Crippen molar-refractivity contribution in [3.8, 4) is 0 Å². The average Bonchev–Trinajstić information content (AvgIpc) is 2.60. The van der Waals surface area contributed by atoms with E-state index in [1.54, 1.807) is 0 Å². The number of nitrogens with zero attached hydrogens (tertiary/aromatic N) is 1. The zero-order valence-electron chi connectivity index (χ0n) is 15.6. The summed E-state index contributed by atoms with van der Waals surface area (Å²) in [6.45, 7) is 0. The molecule has 1 fully saturated rings. The molecular weight excluding hydrogens is 324 g/mol. The molecule has 1 aliphatic carbocycles. The van der Waals surface area contributed by atoms with Crippen LogP contribution in [0.3, 0.4) is 0 Å². The van der Waals surface area contributed by atoms with Crippen molar-refractivity contribution in [2.75, 3.05) is 19.0 Å². The van der Waals surface area contributed by atoms with Crippen LogP contribution in [0.4, 0.5) is 5.69 Å². The number of aliphatic hydroxyl groups excluding tert-OH is 1. The number of nitrogens with one attached hydrogen (secondary N) is 1. The van der Waals surface area contributed by atoms with Crippen LogP contribution in [0.5, 0.6) is 0 Å².